The van der Waals surface area contributed by atoms with Crippen LogP contribution in [0.5, 0.6) is 11.5 Å². The van der Waals surface area contributed by atoms with Gasteiger partial charge in [0.1, 0.15) is 12.6 Å². The number of ether oxygens (including phenoxy) is 2. The van der Waals surface area contributed by atoms with Crippen molar-refractivity contribution in [2.24, 2.45) is 0 Å². The average molecular weight is 532 g/mol. The Morgan fingerprint density at radius 1 is 1.05 bits per heavy atom. The first-order valence-corrected chi connectivity index (χ1v) is 14.3. The highest BCUT2D eigenvalue weighted by atomic mass is 32.2. The minimum absolute atomic E-state index is 0.0494. The third-order valence-corrected chi connectivity index (χ3v) is 8.18. The molecule has 2 aromatic rings. The van der Waals surface area contributed by atoms with Gasteiger partial charge in [-0.15, -0.1) is 0 Å². The van der Waals surface area contributed by atoms with Crippen LogP contribution >= 0.6 is 0 Å². The van der Waals surface area contributed by atoms with Gasteiger partial charge in [0, 0.05) is 19.2 Å². The van der Waals surface area contributed by atoms with Crippen molar-refractivity contribution in [3.05, 3.63) is 53.6 Å². The van der Waals surface area contributed by atoms with Gasteiger partial charge >= 0.3 is 0 Å². The van der Waals surface area contributed by atoms with E-state index in [2.05, 4.69) is 5.32 Å². The fourth-order valence-corrected chi connectivity index (χ4v) is 5.21. The SMILES string of the molecule is CCCCNC(=O)[C@@H](CC)N(Cc1ccccc1C)C(=O)CN(c1ccc2c(c1)OCO2)S(=O)(=O)CC. The standard InChI is InChI=1S/C27H37N3O6S/c1-5-8-15-28-27(32)23(6-2)29(17-21-12-10-9-11-20(21)4)26(31)18-30(37(33,34)7-3)22-13-14-24-25(16-22)36-19-35-24/h9-14,16,23H,5-8,15,17-19H2,1-4H3,(H,28,32)/t23-/m1/s1. The van der Waals surface area contributed by atoms with Gasteiger partial charge in [-0.25, -0.2) is 8.42 Å². The summed E-state index contributed by atoms with van der Waals surface area (Å²) in [5.41, 5.74) is 2.18. The lowest BCUT2D eigenvalue weighted by molar-refractivity contribution is -0.140. The van der Waals surface area contributed by atoms with E-state index in [9.17, 15) is 18.0 Å². The number of carbonyl (C=O) groups is 2. The molecule has 0 fully saturated rings. The van der Waals surface area contributed by atoms with Gasteiger partial charge in [0.2, 0.25) is 28.6 Å². The predicted octanol–water partition coefficient (Wildman–Crippen LogP) is 3.60. The second kappa shape index (κ2) is 12.8. The van der Waals surface area contributed by atoms with Crippen molar-refractivity contribution in [3.8, 4) is 11.5 Å². The van der Waals surface area contributed by atoms with Crippen molar-refractivity contribution in [1.29, 1.82) is 0 Å². The highest BCUT2D eigenvalue weighted by Crippen LogP contribution is 2.36. The molecule has 1 atom stereocenters. The van der Waals surface area contributed by atoms with Crippen LogP contribution in [0.1, 0.15) is 51.2 Å². The Morgan fingerprint density at radius 2 is 1.78 bits per heavy atom. The molecular weight excluding hydrogens is 494 g/mol. The summed E-state index contributed by atoms with van der Waals surface area (Å²) in [5, 5.41) is 2.93. The third-order valence-electron chi connectivity index (χ3n) is 6.44. The molecular formula is C27H37N3O6S. The van der Waals surface area contributed by atoms with Crippen LogP contribution in [0.3, 0.4) is 0 Å². The number of anilines is 1. The minimum atomic E-state index is -3.82. The number of amides is 2. The quantitative estimate of drug-likeness (QED) is 0.396. The van der Waals surface area contributed by atoms with E-state index in [1.807, 2.05) is 45.0 Å². The van der Waals surface area contributed by atoms with Crippen LogP contribution < -0.4 is 19.1 Å². The van der Waals surface area contributed by atoms with Gasteiger partial charge in [-0.1, -0.05) is 44.5 Å². The molecule has 0 spiro atoms. The van der Waals surface area contributed by atoms with Gasteiger partial charge < -0.3 is 19.7 Å². The Balaban J connectivity index is 1.96. The fourth-order valence-electron chi connectivity index (χ4n) is 4.16. The van der Waals surface area contributed by atoms with E-state index in [4.69, 9.17) is 9.47 Å². The molecule has 2 aromatic carbocycles. The van der Waals surface area contributed by atoms with Crippen LogP contribution in [0.4, 0.5) is 5.69 Å². The number of rotatable bonds is 13. The zero-order valence-corrected chi connectivity index (χ0v) is 22.8. The summed E-state index contributed by atoms with van der Waals surface area (Å²) in [6.45, 7) is 7.67. The number of sulfonamides is 1. The summed E-state index contributed by atoms with van der Waals surface area (Å²) >= 11 is 0. The van der Waals surface area contributed by atoms with Crippen molar-refractivity contribution in [3.63, 3.8) is 0 Å². The summed E-state index contributed by atoms with van der Waals surface area (Å²) in [6.07, 6.45) is 2.16. The number of unbranched alkanes of at least 4 members (excludes halogenated alkanes) is 1. The molecule has 9 nitrogen and oxygen atoms in total. The first kappa shape index (κ1) is 28.3. The molecule has 1 N–H and O–H groups in total. The number of fused-ring (bicyclic) bond motifs is 1. The lowest BCUT2D eigenvalue weighted by Gasteiger charge is -2.33. The van der Waals surface area contributed by atoms with Crippen molar-refractivity contribution in [2.45, 2.75) is 59.5 Å². The fraction of sp³-hybridized carbons (Fsp3) is 0.481. The molecule has 0 saturated heterocycles. The molecule has 0 aromatic heterocycles. The molecule has 1 aliphatic heterocycles. The molecule has 0 radical (unpaired) electrons. The van der Waals surface area contributed by atoms with E-state index in [0.717, 1.165) is 28.3 Å². The van der Waals surface area contributed by atoms with Crippen LogP contribution in [0, 0.1) is 6.92 Å². The summed E-state index contributed by atoms with van der Waals surface area (Å²) in [4.78, 5) is 28.5. The second-order valence-electron chi connectivity index (χ2n) is 8.96. The van der Waals surface area contributed by atoms with E-state index >= 15 is 0 Å². The first-order valence-electron chi connectivity index (χ1n) is 12.7. The molecule has 1 heterocycles. The van der Waals surface area contributed by atoms with E-state index in [1.54, 1.807) is 18.2 Å². The zero-order valence-electron chi connectivity index (χ0n) is 22.0. The smallest absolute Gasteiger partial charge is 0.244 e. The second-order valence-corrected chi connectivity index (χ2v) is 11.1. The molecule has 202 valence electrons. The number of carbonyl (C=O) groups excluding carboxylic acids is 2. The molecule has 10 heteroatoms. The zero-order chi connectivity index (χ0) is 27.0. The summed E-state index contributed by atoms with van der Waals surface area (Å²) in [7, 11) is -3.82. The monoisotopic (exact) mass is 531 g/mol. The normalized spacial score (nSPS) is 13.2. The van der Waals surface area contributed by atoms with Crippen LogP contribution in [0.25, 0.3) is 0 Å². The Labute approximate surface area is 219 Å². The maximum absolute atomic E-state index is 13.9. The maximum atomic E-state index is 13.9. The third kappa shape index (κ3) is 6.94. The molecule has 2 amide bonds. The van der Waals surface area contributed by atoms with Crippen molar-refractivity contribution in [2.75, 3.05) is 29.9 Å². The van der Waals surface area contributed by atoms with Gasteiger partial charge in [0.15, 0.2) is 11.5 Å². The van der Waals surface area contributed by atoms with Gasteiger partial charge in [0.05, 0.1) is 11.4 Å². The first-order chi connectivity index (χ1) is 17.7. The van der Waals surface area contributed by atoms with Crippen LogP contribution in [-0.2, 0) is 26.2 Å². The highest BCUT2D eigenvalue weighted by Gasteiger charge is 2.33. The van der Waals surface area contributed by atoms with Crippen LogP contribution in [0.2, 0.25) is 0 Å². The molecule has 0 saturated carbocycles. The number of benzene rings is 2. The lowest BCUT2D eigenvalue weighted by Crippen LogP contribution is -2.52. The summed E-state index contributed by atoms with van der Waals surface area (Å²) < 4.78 is 38.1. The van der Waals surface area contributed by atoms with Gasteiger partial charge in [-0.2, -0.15) is 0 Å². The van der Waals surface area contributed by atoms with Crippen LogP contribution in [0.15, 0.2) is 42.5 Å². The van der Waals surface area contributed by atoms with Crippen LogP contribution in [-0.4, -0.2) is 56.8 Å². The Bertz CT molecular complexity index is 1200. The summed E-state index contributed by atoms with van der Waals surface area (Å²) in [5.74, 6) is 0.0299. The van der Waals surface area contributed by atoms with Crippen molar-refractivity contribution < 1.29 is 27.5 Å². The van der Waals surface area contributed by atoms with E-state index in [-0.39, 0.29) is 25.0 Å². The topological polar surface area (TPSA) is 105 Å². The highest BCUT2D eigenvalue weighted by molar-refractivity contribution is 7.92. The Hall–Kier alpha value is -3.27. The molecule has 37 heavy (non-hydrogen) atoms. The molecule has 0 bridgehead atoms. The number of nitrogens with one attached hydrogen (secondary N) is 1. The van der Waals surface area contributed by atoms with Crippen molar-refractivity contribution in [1.82, 2.24) is 10.2 Å². The molecule has 1 aliphatic rings. The molecule has 3 rings (SSSR count). The average Bonchev–Trinajstić information content (AvgIpc) is 3.36. The molecule has 0 unspecified atom stereocenters. The van der Waals surface area contributed by atoms with E-state index < -0.39 is 28.5 Å². The predicted molar refractivity (Wildman–Crippen MR) is 143 cm³/mol. The Kier molecular flexibility index (Phi) is 9.79. The number of nitrogens with zero attached hydrogens (tertiary/aromatic N) is 2. The molecule has 0 aliphatic carbocycles. The van der Waals surface area contributed by atoms with E-state index in [1.165, 1.54) is 11.8 Å². The number of aryl methyl sites for hydroxylation is 1. The number of hydrogen-bond donors (Lipinski definition) is 1. The van der Waals surface area contributed by atoms with E-state index in [0.29, 0.717) is 30.2 Å². The van der Waals surface area contributed by atoms with Crippen molar-refractivity contribution >= 4 is 27.5 Å². The Morgan fingerprint density at radius 3 is 2.46 bits per heavy atom. The summed E-state index contributed by atoms with van der Waals surface area (Å²) in [6, 6.07) is 11.7. The van der Waals surface area contributed by atoms with Gasteiger partial charge in [-0.05, 0) is 49.9 Å². The van der Waals surface area contributed by atoms with Gasteiger partial charge in [-0.3, -0.25) is 13.9 Å². The maximum Gasteiger partial charge on any atom is 0.244 e. The lowest BCUT2D eigenvalue weighted by atomic mass is 10.1. The number of hydrogen-bond acceptors (Lipinski definition) is 6. The minimum Gasteiger partial charge on any atom is -0.454 e. The largest absolute Gasteiger partial charge is 0.454 e. The van der Waals surface area contributed by atoms with Gasteiger partial charge in [0.25, 0.3) is 0 Å².